The number of hydrogen-bond donors (Lipinski definition) is 2. The first-order chi connectivity index (χ1) is 5.75. The van der Waals surface area contributed by atoms with Crippen molar-refractivity contribution in [3.63, 3.8) is 0 Å². The third-order valence-corrected chi connectivity index (χ3v) is 1.68. The maximum absolute atomic E-state index is 5.64. The lowest BCUT2D eigenvalue weighted by Gasteiger charge is -2.12. The quantitative estimate of drug-likeness (QED) is 0.694. The molecule has 0 aromatic carbocycles. The van der Waals surface area contributed by atoms with E-state index >= 15 is 0 Å². The zero-order valence-corrected chi connectivity index (χ0v) is 7.41. The number of nitrogens with one attached hydrogen (secondary N) is 1. The van der Waals surface area contributed by atoms with Crippen molar-refractivity contribution in [3.8, 4) is 0 Å². The van der Waals surface area contributed by atoms with Gasteiger partial charge in [-0.1, -0.05) is 6.92 Å². The Labute approximate surface area is 72.2 Å². The minimum absolute atomic E-state index is 0.170. The van der Waals surface area contributed by atoms with Crippen LogP contribution in [0.3, 0.4) is 0 Å². The molecule has 4 heteroatoms. The molecule has 0 bridgehead atoms. The summed E-state index contributed by atoms with van der Waals surface area (Å²) in [6.45, 7) is 4.96. The fraction of sp³-hybridized carbons (Fsp3) is 0.500. The minimum atomic E-state index is 0.170. The van der Waals surface area contributed by atoms with Gasteiger partial charge in [0, 0.05) is 12.4 Å². The zero-order valence-electron chi connectivity index (χ0n) is 7.41. The molecular weight excluding hydrogens is 152 g/mol. The molecule has 0 aliphatic rings. The lowest BCUT2D eigenvalue weighted by Crippen LogP contribution is -2.20. The van der Waals surface area contributed by atoms with E-state index in [0.29, 0.717) is 5.82 Å². The fourth-order valence-electron chi connectivity index (χ4n) is 1.10. The Hall–Kier alpha value is -1.16. The van der Waals surface area contributed by atoms with E-state index < -0.39 is 0 Å². The molecule has 3 N–H and O–H groups in total. The highest BCUT2D eigenvalue weighted by Crippen LogP contribution is 2.13. The summed E-state index contributed by atoms with van der Waals surface area (Å²) < 4.78 is 0. The molecule has 1 aromatic rings. The molecule has 0 aliphatic heterocycles. The number of aromatic nitrogens is 2. The van der Waals surface area contributed by atoms with Gasteiger partial charge in [0.2, 0.25) is 0 Å². The average molecular weight is 166 g/mol. The summed E-state index contributed by atoms with van der Waals surface area (Å²) in [5.41, 5.74) is 6.46. The first-order valence-corrected chi connectivity index (χ1v) is 4.05. The molecule has 12 heavy (non-hydrogen) atoms. The third-order valence-electron chi connectivity index (χ3n) is 1.68. The highest BCUT2D eigenvalue weighted by Gasteiger charge is 2.08. The second-order valence-corrected chi connectivity index (χ2v) is 2.61. The lowest BCUT2D eigenvalue weighted by molar-refractivity contribution is 0.583. The van der Waals surface area contributed by atoms with Gasteiger partial charge in [0.1, 0.15) is 5.82 Å². The summed E-state index contributed by atoms with van der Waals surface area (Å²) in [6, 6.07) is 0.170. The number of nitrogens with zero attached hydrogens (tertiary/aromatic N) is 2. The van der Waals surface area contributed by atoms with Crippen molar-refractivity contribution >= 4 is 5.82 Å². The van der Waals surface area contributed by atoms with Crippen LogP contribution in [0.1, 0.15) is 25.6 Å². The van der Waals surface area contributed by atoms with Crippen LogP contribution in [-0.4, -0.2) is 16.5 Å². The fourth-order valence-corrected chi connectivity index (χ4v) is 1.10. The smallest absolute Gasteiger partial charge is 0.146 e. The van der Waals surface area contributed by atoms with Gasteiger partial charge in [-0.25, -0.2) is 4.98 Å². The van der Waals surface area contributed by atoms with Gasteiger partial charge in [0.15, 0.2) is 0 Å². The van der Waals surface area contributed by atoms with Gasteiger partial charge >= 0.3 is 0 Å². The molecule has 0 amide bonds. The van der Waals surface area contributed by atoms with Gasteiger partial charge in [-0.05, 0) is 13.5 Å². The van der Waals surface area contributed by atoms with E-state index in [-0.39, 0.29) is 6.04 Å². The number of anilines is 1. The summed E-state index contributed by atoms with van der Waals surface area (Å²) in [7, 11) is 0. The van der Waals surface area contributed by atoms with Crippen LogP contribution in [0.4, 0.5) is 5.82 Å². The van der Waals surface area contributed by atoms with Gasteiger partial charge in [-0.15, -0.1) is 0 Å². The van der Waals surface area contributed by atoms with E-state index in [1.54, 1.807) is 12.4 Å². The molecule has 0 unspecified atom stereocenters. The highest BCUT2D eigenvalue weighted by molar-refractivity contribution is 5.34. The maximum Gasteiger partial charge on any atom is 0.146 e. The SMILES string of the molecule is CCN[C@H](C)c1nccnc1N. The van der Waals surface area contributed by atoms with E-state index in [0.717, 1.165) is 12.2 Å². The third kappa shape index (κ3) is 1.92. The predicted octanol–water partition coefficient (Wildman–Crippen LogP) is 0.729. The van der Waals surface area contributed by atoms with Gasteiger partial charge < -0.3 is 11.1 Å². The Morgan fingerprint density at radius 3 is 2.75 bits per heavy atom. The van der Waals surface area contributed by atoms with Gasteiger partial charge in [-0.3, -0.25) is 4.98 Å². The highest BCUT2D eigenvalue weighted by atomic mass is 15.0. The second kappa shape index (κ2) is 4.01. The molecule has 0 radical (unpaired) electrons. The predicted molar refractivity (Wildman–Crippen MR) is 48.5 cm³/mol. The van der Waals surface area contributed by atoms with Crippen LogP contribution < -0.4 is 11.1 Å². The Bertz CT molecular complexity index is 249. The first-order valence-electron chi connectivity index (χ1n) is 4.05. The van der Waals surface area contributed by atoms with Crippen molar-refractivity contribution in [2.75, 3.05) is 12.3 Å². The van der Waals surface area contributed by atoms with Crippen LogP contribution in [0.2, 0.25) is 0 Å². The average Bonchev–Trinajstić information content (AvgIpc) is 2.05. The first kappa shape index (κ1) is 8.93. The summed E-state index contributed by atoms with van der Waals surface area (Å²) in [5.74, 6) is 0.506. The summed E-state index contributed by atoms with van der Waals surface area (Å²) >= 11 is 0. The Morgan fingerprint density at radius 2 is 2.17 bits per heavy atom. The maximum atomic E-state index is 5.64. The van der Waals surface area contributed by atoms with Crippen LogP contribution in [0, 0.1) is 0 Å². The normalized spacial score (nSPS) is 12.8. The summed E-state index contributed by atoms with van der Waals surface area (Å²) in [4.78, 5) is 8.10. The number of hydrogen-bond acceptors (Lipinski definition) is 4. The molecule has 1 atom stereocenters. The molecular formula is C8H14N4. The topological polar surface area (TPSA) is 63.8 Å². The Kier molecular flexibility index (Phi) is 2.99. The van der Waals surface area contributed by atoms with E-state index in [2.05, 4.69) is 15.3 Å². The van der Waals surface area contributed by atoms with Crippen molar-refractivity contribution in [2.45, 2.75) is 19.9 Å². The molecule has 1 rings (SSSR count). The Balaban J connectivity index is 2.79. The standard InChI is InChI=1S/C8H14N4/c1-3-10-6(2)7-8(9)12-5-4-11-7/h4-6,10H,3H2,1-2H3,(H2,9,12)/t6-/m1/s1. The molecule has 0 spiro atoms. The summed E-state index contributed by atoms with van der Waals surface area (Å²) in [6.07, 6.45) is 3.25. The van der Waals surface area contributed by atoms with Crippen LogP contribution in [0.25, 0.3) is 0 Å². The molecule has 1 aromatic heterocycles. The van der Waals surface area contributed by atoms with E-state index in [4.69, 9.17) is 5.73 Å². The minimum Gasteiger partial charge on any atom is -0.382 e. The van der Waals surface area contributed by atoms with Crippen LogP contribution in [0.5, 0.6) is 0 Å². The molecule has 4 nitrogen and oxygen atoms in total. The van der Waals surface area contributed by atoms with Crippen molar-refractivity contribution in [1.82, 2.24) is 15.3 Å². The Morgan fingerprint density at radius 1 is 1.50 bits per heavy atom. The van der Waals surface area contributed by atoms with Crippen LogP contribution >= 0.6 is 0 Å². The van der Waals surface area contributed by atoms with E-state index in [9.17, 15) is 0 Å². The number of nitrogen functional groups attached to an aromatic ring is 1. The largest absolute Gasteiger partial charge is 0.382 e. The van der Waals surface area contributed by atoms with Gasteiger partial charge in [0.05, 0.1) is 11.7 Å². The van der Waals surface area contributed by atoms with Crippen molar-refractivity contribution in [2.24, 2.45) is 0 Å². The van der Waals surface area contributed by atoms with Crippen LogP contribution in [-0.2, 0) is 0 Å². The monoisotopic (exact) mass is 166 g/mol. The summed E-state index contributed by atoms with van der Waals surface area (Å²) in [5, 5.41) is 3.22. The molecule has 66 valence electrons. The van der Waals surface area contributed by atoms with E-state index in [1.807, 2.05) is 13.8 Å². The van der Waals surface area contributed by atoms with Crippen molar-refractivity contribution < 1.29 is 0 Å². The van der Waals surface area contributed by atoms with Crippen molar-refractivity contribution in [3.05, 3.63) is 18.1 Å². The number of nitrogens with two attached hydrogens (primary N) is 1. The molecule has 1 heterocycles. The molecule has 0 aliphatic carbocycles. The second-order valence-electron chi connectivity index (χ2n) is 2.61. The number of rotatable bonds is 3. The van der Waals surface area contributed by atoms with Gasteiger partial charge in [-0.2, -0.15) is 0 Å². The molecule has 0 saturated heterocycles. The molecule has 0 fully saturated rings. The lowest BCUT2D eigenvalue weighted by atomic mass is 10.2. The van der Waals surface area contributed by atoms with Gasteiger partial charge in [0.25, 0.3) is 0 Å². The van der Waals surface area contributed by atoms with Crippen LogP contribution in [0.15, 0.2) is 12.4 Å². The zero-order chi connectivity index (χ0) is 8.97. The molecule has 0 saturated carbocycles. The van der Waals surface area contributed by atoms with E-state index in [1.165, 1.54) is 0 Å². The van der Waals surface area contributed by atoms with Crippen molar-refractivity contribution in [1.29, 1.82) is 0 Å².